The van der Waals surface area contributed by atoms with E-state index in [1.54, 1.807) is 0 Å². The van der Waals surface area contributed by atoms with Crippen molar-refractivity contribution in [2.24, 2.45) is 34.5 Å². The normalized spacial score (nSPS) is 41.5. The minimum Gasteiger partial charge on any atom is -0.493 e. The topological polar surface area (TPSA) is 32.8 Å². The summed E-state index contributed by atoms with van der Waals surface area (Å²) in [5, 5.41) is 0. The second kappa shape index (κ2) is 8.04. The zero-order valence-electron chi connectivity index (χ0n) is 20.8. The first-order valence-corrected chi connectivity index (χ1v) is 12.9. The molecule has 0 spiro atoms. The van der Waals surface area contributed by atoms with Gasteiger partial charge in [-0.05, 0) is 98.9 Å². The van der Waals surface area contributed by atoms with Gasteiger partial charge in [0.25, 0.3) is 0 Å². The fourth-order valence-electron chi connectivity index (χ4n) is 8.53. The molecule has 0 bridgehead atoms. The van der Waals surface area contributed by atoms with Crippen LogP contribution in [-0.2, 0) is 4.79 Å². The molecule has 0 amide bonds. The van der Waals surface area contributed by atoms with Crippen molar-refractivity contribution in [1.29, 1.82) is 0 Å². The molecule has 0 aromatic heterocycles. The van der Waals surface area contributed by atoms with E-state index in [-0.39, 0.29) is 5.41 Å². The Morgan fingerprint density at radius 1 is 1.03 bits per heavy atom. The standard InChI is InChI=1S/C28H42N2O2/c1-27-16-14-24-22(11-13-25-28(24,2)26(31)15-17-30(25)5)23(27)12-6-19(27)18-32-21-9-7-20(8-10-21)29(3)4/h7-10,19,22-25H,6,11-18H2,1-5H3/t19?,22-,23-,24+,25?,27+,28+/m0/s1. The van der Waals surface area contributed by atoms with Crippen molar-refractivity contribution >= 4 is 11.5 Å². The number of hydrogen-bond acceptors (Lipinski definition) is 4. The van der Waals surface area contributed by atoms with Crippen LogP contribution in [0.25, 0.3) is 0 Å². The Kier molecular flexibility index (Phi) is 5.59. The Morgan fingerprint density at radius 3 is 2.50 bits per heavy atom. The minimum absolute atomic E-state index is 0.125. The number of fused-ring (bicyclic) bond motifs is 5. The van der Waals surface area contributed by atoms with Gasteiger partial charge in [0.2, 0.25) is 0 Å². The third-order valence-electron chi connectivity index (χ3n) is 10.5. The molecule has 4 heteroatoms. The van der Waals surface area contributed by atoms with E-state index in [4.69, 9.17) is 4.74 Å². The SMILES string of the molecule is CN(C)c1ccc(OCC2CC[C@H]3[C@@H]4CCC5N(C)CCC(=O)[C@]5(C)[C@@H]4CC[C@]23C)cc1. The van der Waals surface area contributed by atoms with E-state index in [2.05, 4.69) is 69.1 Å². The van der Waals surface area contributed by atoms with Gasteiger partial charge in [-0.25, -0.2) is 0 Å². The fourth-order valence-corrected chi connectivity index (χ4v) is 8.53. The van der Waals surface area contributed by atoms with Gasteiger partial charge in [-0.15, -0.1) is 0 Å². The van der Waals surface area contributed by atoms with Gasteiger partial charge in [0.15, 0.2) is 0 Å². The molecule has 4 nitrogen and oxygen atoms in total. The highest BCUT2D eigenvalue weighted by molar-refractivity contribution is 5.87. The summed E-state index contributed by atoms with van der Waals surface area (Å²) in [6.07, 6.45) is 8.32. The summed E-state index contributed by atoms with van der Waals surface area (Å²) in [4.78, 5) is 17.9. The molecule has 1 heterocycles. The Morgan fingerprint density at radius 2 is 1.78 bits per heavy atom. The lowest BCUT2D eigenvalue weighted by molar-refractivity contribution is -0.160. The van der Waals surface area contributed by atoms with Crippen LogP contribution in [0.2, 0.25) is 0 Å². The summed E-state index contributed by atoms with van der Waals surface area (Å²) in [6.45, 7) is 6.66. The first-order valence-electron chi connectivity index (χ1n) is 12.9. The maximum absolute atomic E-state index is 13.3. The lowest BCUT2D eigenvalue weighted by Crippen LogP contribution is -2.63. The van der Waals surface area contributed by atoms with Crippen LogP contribution in [0.3, 0.4) is 0 Å². The number of carbonyl (C=O) groups excluding carboxylic acids is 1. The molecule has 1 saturated heterocycles. The summed E-state index contributed by atoms with van der Waals surface area (Å²) >= 11 is 0. The molecular weight excluding hydrogens is 396 g/mol. The second-order valence-electron chi connectivity index (χ2n) is 11.9. The van der Waals surface area contributed by atoms with E-state index in [1.807, 2.05) is 0 Å². The third-order valence-corrected chi connectivity index (χ3v) is 10.5. The van der Waals surface area contributed by atoms with Crippen molar-refractivity contribution in [3.8, 4) is 5.75 Å². The van der Waals surface area contributed by atoms with Crippen LogP contribution in [0.15, 0.2) is 24.3 Å². The van der Waals surface area contributed by atoms with Crippen LogP contribution >= 0.6 is 0 Å². The third kappa shape index (κ3) is 3.31. The molecule has 0 radical (unpaired) electrons. The molecule has 3 saturated carbocycles. The average Bonchev–Trinajstić information content (AvgIpc) is 3.12. The highest BCUT2D eigenvalue weighted by atomic mass is 16.5. The lowest BCUT2D eigenvalue weighted by Gasteiger charge is -2.61. The van der Waals surface area contributed by atoms with E-state index in [1.165, 1.54) is 44.2 Å². The zero-order valence-corrected chi connectivity index (χ0v) is 20.8. The molecule has 7 atom stereocenters. The average molecular weight is 439 g/mol. The summed E-state index contributed by atoms with van der Waals surface area (Å²) < 4.78 is 6.33. The Hall–Kier alpha value is -1.55. The quantitative estimate of drug-likeness (QED) is 0.642. The van der Waals surface area contributed by atoms with Gasteiger partial charge in [-0.1, -0.05) is 13.8 Å². The van der Waals surface area contributed by atoms with Crippen LogP contribution in [-0.4, -0.2) is 51.0 Å². The van der Waals surface area contributed by atoms with Crippen molar-refractivity contribution in [2.75, 3.05) is 39.2 Å². The Balaban J connectivity index is 1.30. The van der Waals surface area contributed by atoms with Crippen molar-refractivity contribution in [2.45, 2.75) is 64.8 Å². The molecule has 0 N–H and O–H groups in total. The van der Waals surface area contributed by atoms with Gasteiger partial charge in [0.1, 0.15) is 11.5 Å². The van der Waals surface area contributed by atoms with Crippen LogP contribution in [0.4, 0.5) is 5.69 Å². The number of likely N-dealkylation sites (tertiary alicyclic amines) is 1. The van der Waals surface area contributed by atoms with Crippen molar-refractivity contribution in [1.82, 2.24) is 4.90 Å². The Bertz CT molecular complexity index is 851. The number of ketones is 1. The zero-order chi connectivity index (χ0) is 22.7. The summed E-state index contributed by atoms with van der Waals surface area (Å²) in [7, 11) is 6.38. The van der Waals surface area contributed by atoms with Crippen LogP contribution < -0.4 is 9.64 Å². The molecular formula is C28H42N2O2. The smallest absolute Gasteiger partial charge is 0.141 e. The van der Waals surface area contributed by atoms with Gasteiger partial charge in [-0.2, -0.15) is 0 Å². The number of benzene rings is 1. The van der Waals surface area contributed by atoms with E-state index in [0.29, 0.717) is 29.1 Å². The largest absolute Gasteiger partial charge is 0.493 e. The van der Waals surface area contributed by atoms with Gasteiger partial charge in [-0.3, -0.25) is 4.79 Å². The minimum atomic E-state index is -0.125. The highest BCUT2D eigenvalue weighted by Crippen LogP contribution is 2.65. The van der Waals surface area contributed by atoms with E-state index in [0.717, 1.165) is 37.2 Å². The van der Waals surface area contributed by atoms with Crippen LogP contribution in [0, 0.1) is 34.5 Å². The number of carbonyl (C=O) groups is 1. The fraction of sp³-hybridized carbons (Fsp3) is 0.750. The number of anilines is 1. The van der Waals surface area contributed by atoms with Gasteiger partial charge in [0, 0.05) is 44.2 Å². The Labute approximate surface area is 194 Å². The van der Waals surface area contributed by atoms with Crippen molar-refractivity contribution in [3.05, 3.63) is 24.3 Å². The molecule has 176 valence electrons. The molecule has 1 aromatic rings. The molecule has 3 aliphatic carbocycles. The van der Waals surface area contributed by atoms with Crippen LogP contribution in [0.5, 0.6) is 5.75 Å². The van der Waals surface area contributed by atoms with E-state index >= 15 is 0 Å². The first kappa shape index (κ1) is 22.3. The van der Waals surface area contributed by atoms with E-state index < -0.39 is 0 Å². The predicted molar refractivity (Wildman–Crippen MR) is 130 cm³/mol. The maximum Gasteiger partial charge on any atom is 0.141 e. The summed E-state index contributed by atoms with van der Waals surface area (Å²) in [5.41, 5.74) is 1.44. The molecule has 2 unspecified atom stereocenters. The first-order chi connectivity index (χ1) is 15.2. The van der Waals surface area contributed by atoms with Crippen LogP contribution in [0.1, 0.15) is 58.8 Å². The molecule has 1 aromatic carbocycles. The lowest BCUT2D eigenvalue weighted by atomic mass is 9.46. The number of hydrogen-bond donors (Lipinski definition) is 0. The number of nitrogens with zero attached hydrogens (tertiary/aromatic N) is 2. The van der Waals surface area contributed by atoms with E-state index in [9.17, 15) is 4.79 Å². The molecule has 5 rings (SSSR count). The number of Topliss-reactive ketones (excluding diaryl/α,β-unsaturated/α-hetero) is 1. The molecule has 1 aliphatic heterocycles. The maximum atomic E-state index is 13.3. The molecule has 32 heavy (non-hydrogen) atoms. The highest BCUT2D eigenvalue weighted by Gasteiger charge is 2.62. The summed E-state index contributed by atoms with van der Waals surface area (Å²) in [6, 6.07) is 8.94. The van der Waals surface area contributed by atoms with Gasteiger partial charge < -0.3 is 14.5 Å². The monoisotopic (exact) mass is 438 g/mol. The van der Waals surface area contributed by atoms with Gasteiger partial charge >= 0.3 is 0 Å². The summed E-state index contributed by atoms with van der Waals surface area (Å²) in [5.74, 6) is 4.21. The second-order valence-corrected chi connectivity index (χ2v) is 11.9. The predicted octanol–water partition coefficient (Wildman–Crippen LogP) is 5.26. The number of piperidine rings is 1. The number of ether oxygens (including phenoxy) is 1. The molecule has 4 fully saturated rings. The molecule has 4 aliphatic rings. The van der Waals surface area contributed by atoms with Crippen molar-refractivity contribution in [3.63, 3.8) is 0 Å². The van der Waals surface area contributed by atoms with Gasteiger partial charge in [0.05, 0.1) is 6.61 Å². The van der Waals surface area contributed by atoms with Crippen molar-refractivity contribution < 1.29 is 9.53 Å². The number of rotatable bonds is 4.